The van der Waals surface area contributed by atoms with Crippen LogP contribution in [-0.2, 0) is 12.8 Å². The Bertz CT molecular complexity index is 724. The molecular weight excluding hydrogens is 390 g/mol. The second-order valence-electron chi connectivity index (χ2n) is 5.81. The highest BCUT2D eigenvalue weighted by atomic mass is 79.9. The van der Waals surface area contributed by atoms with Crippen molar-refractivity contribution in [2.24, 2.45) is 0 Å². The van der Waals surface area contributed by atoms with Gasteiger partial charge in [0.2, 0.25) is 0 Å². The van der Waals surface area contributed by atoms with E-state index < -0.39 is 0 Å². The Morgan fingerprint density at radius 3 is 2.88 bits per heavy atom. The van der Waals surface area contributed by atoms with Crippen LogP contribution >= 0.6 is 27.3 Å². The van der Waals surface area contributed by atoms with E-state index in [1.165, 1.54) is 17.7 Å². The number of amides is 2. The highest BCUT2D eigenvalue weighted by Crippen LogP contribution is 2.30. The number of carbonyl (C=O) groups excluding carboxylic acids is 1. The lowest BCUT2D eigenvalue weighted by molar-refractivity contribution is 0.249. The van der Waals surface area contributed by atoms with Gasteiger partial charge in [-0.05, 0) is 66.2 Å². The minimum absolute atomic E-state index is 0.123. The summed E-state index contributed by atoms with van der Waals surface area (Å²) in [6, 6.07) is 5.41. The van der Waals surface area contributed by atoms with Crippen molar-refractivity contribution >= 4 is 38.4 Å². The number of fused-ring (bicyclic) bond motifs is 1. The average molecular weight is 410 g/mol. The van der Waals surface area contributed by atoms with E-state index in [4.69, 9.17) is 4.74 Å². The molecule has 1 aromatic carbocycles. The summed E-state index contributed by atoms with van der Waals surface area (Å²) >= 11 is 5.05. The molecule has 1 aliphatic rings. The number of thiazole rings is 1. The fourth-order valence-electron chi connectivity index (χ4n) is 2.77. The van der Waals surface area contributed by atoms with Gasteiger partial charge in [0, 0.05) is 4.88 Å². The molecule has 128 valence electrons. The third kappa shape index (κ3) is 3.89. The molecule has 0 saturated carbocycles. The van der Waals surface area contributed by atoms with Gasteiger partial charge in [-0.1, -0.05) is 6.07 Å². The third-order valence-electron chi connectivity index (χ3n) is 4.09. The van der Waals surface area contributed by atoms with Crippen LogP contribution in [0.2, 0.25) is 0 Å². The number of nitrogens with zero attached hydrogens (tertiary/aromatic N) is 1. The Morgan fingerprint density at radius 1 is 1.38 bits per heavy atom. The lowest BCUT2D eigenvalue weighted by Crippen LogP contribution is -2.31. The zero-order valence-corrected chi connectivity index (χ0v) is 16.1. The number of rotatable bonds is 4. The van der Waals surface area contributed by atoms with Gasteiger partial charge < -0.3 is 10.1 Å². The van der Waals surface area contributed by atoms with Crippen molar-refractivity contribution < 1.29 is 9.53 Å². The lowest BCUT2D eigenvalue weighted by Gasteiger charge is -2.15. The molecule has 1 aliphatic carbocycles. The monoisotopic (exact) mass is 409 g/mol. The van der Waals surface area contributed by atoms with E-state index in [0.29, 0.717) is 5.13 Å². The quantitative estimate of drug-likeness (QED) is 0.770. The molecule has 1 heterocycles. The summed E-state index contributed by atoms with van der Waals surface area (Å²) < 4.78 is 6.09. The number of anilines is 1. The predicted molar refractivity (Wildman–Crippen MR) is 100 cm³/mol. The third-order valence-corrected chi connectivity index (χ3v) is 5.78. The van der Waals surface area contributed by atoms with E-state index in [0.717, 1.165) is 34.3 Å². The first-order valence-electron chi connectivity index (χ1n) is 7.96. The van der Waals surface area contributed by atoms with Gasteiger partial charge in [-0.2, -0.15) is 0 Å². The van der Waals surface area contributed by atoms with Crippen molar-refractivity contribution in [1.29, 1.82) is 0 Å². The van der Waals surface area contributed by atoms with E-state index in [1.54, 1.807) is 18.4 Å². The number of hydrogen-bond donors (Lipinski definition) is 2. The molecule has 2 amide bonds. The molecule has 3 rings (SSSR count). The number of aromatic nitrogens is 1. The number of halogens is 1. The van der Waals surface area contributed by atoms with Crippen LogP contribution in [0.25, 0.3) is 0 Å². The van der Waals surface area contributed by atoms with Gasteiger partial charge in [-0.3, -0.25) is 5.32 Å². The standard InChI is InChI=1S/C17H20BrN3O2S/c1-10(11-7-8-14(23-2)12(18)9-11)19-16(22)21-17-20-13-5-3-4-6-15(13)24-17/h7-10H,3-6H2,1-2H3,(H2,19,20,21,22). The summed E-state index contributed by atoms with van der Waals surface area (Å²) in [5.41, 5.74) is 2.14. The van der Waals surface area contributed by atoms with Crippen LogP contribution in [0.1, 0.15) is 41.9 Å². The zero-order valence-electron chi connectivity index (χ0n) is 13.7. The van der Waals surface area contributed by atoms with Gasteiger partial charge in [-0.15, -0.1) is 11.3 Å². The largest absolute Gasteiger partial charge is 0.496 e. The van der Waals surface area contributed by atoms with Crippen LogP contribution < -0.4 is 15.4 Å². The summed E-state index contributed by atoms with van der Waals surface area (Å²) in [5.74, 6) is 0.767. The summed E-state index contributed by atoms with van der Waals surface area (Å²) in [5, 5.41) is 6.49. The molecule has 7 heteroatoms. The van der Waals surface area contributed by atoms with Gasteiger partial charge in [0.1, 0.15) is 5.75 Å². The summed E-state index contributed by atoms with van der Waals surface area (Å²) in [6.07, 6.45) is 4.49. The first-order chi connectivity index (χ1) is 11.6. The number of hydrogen-bond acceptors (Lipinski definition) is 4. The summed E-state index contributed by atoms with van der Waals surface area (Å²) in [6.45, 7) is 1.95. The van der Waals surface area contributed by atoms with Gasteiger partial charge in [0.25, 0.3) is 0 Å². The molecule has 2 aromatic rings. The molecule has 0 bridgehead atoms. The number of methoxy groups -OCH3 is 1. The van der Waals surface area contributed by atoms with E-state index in [9.17, 15) is 4.79 Å². The highest BCUT2D eigenvalue weighted by Gasteiger charge is 2.17. The van der Waals surface area contributed by atoms with Crippen LogP contribution in [0.4, 0.5) is 9.93 Å². The van der Waals surface area contributed by atoms with Crippen molar-refractivity contribution in [1.82, 2.24) is 10.3 Å². The van der Waals surface area contributed by atoms with Crippen molar-refractivity contribution in [3.05, 3.63) is 38.8 Å². The smallest absolute Gasteiger partial charge is 0.321 e. The molecule has 24 heavy (non-hydrogen) atoms. The summed E-state index contributed by atoms with van der Waals surface area (Å²) in [7, 11) is 1.63. The number of nitrogens with one attached hydrogen (secondary N) is 2. The molecule has 2 N–H and O–H groups in total. The molecular formula is C17H20BrN3O2S. The Hall–Kier alpha value is -1.60. The van der Waals surface area contributed by atoms with Gasteiger partial charge in [-0.25, -0.2) is 9.78 Å². The number of aryl methyl sites for hydroxylation is 2. The molecule has 0 spiro atoms. The summed E-state index contributed by atoms with van der Waals surface area (Å²) in [4.78, 5) is 18.1. The minimum atomic E-state index is -0.236. The predicted octanol–water partition coefficient (Wildman–Crippen LogP) is 4.68. The van der Waals surface area contributed by atoms with E-state index >= 15 is 0 Å². The molecule has 0 fully saturated rings. The van der Waals surface area contributed by atoms with E-state index in [2.05, 4.69) is 31.5 Å². The Labute approximate surface area is 154 Å². The van der Waals surface area contributed by atoms with Crippen LogP contribution in [-0.4, -0.2) is 18.1 Å². The SMILES string of the molecule is COc1ccc(C(C)NC(=O)Nc2nc3c(s2)CCCC3)cc1Br. The Balaban J connectivity index is 1.61. The van der Waals surface area contributed by atoms with Crippen LogP contribution in [0.15, 0.2) is 22.7 Å². The molecule has 0 aliphatic heterocycles. The zero-order chi connectivity index (χ0) is 17.1. The maximum absolute atomic E-state index is 12.2. The average Bonchev–Trinajstić information content (AvgIpc) is 2.96. The number of urea groups is 1. The van der Waals surface area contributed by atoms with Crippen molar-refractivity contribution in [3.63, 3.8) is 0 Å². The Morgan fingerprint density at radius 2 is 2.17 bits per heavy atom. The van der Waals surface area contributed by atoms with E-state index in [-0.39, 0.29) is 12.1 Å². The van der Waals surface area contributed by atoms with Crippen LogP contribution in [0.5, 0.6) is 5.75 Å². The molecule has 0 radical (unpaired) electrons. The molecule has 1 aromatic heterocycles. The maximum atomic E-state index is 12.2. The topological polar surface area (TPSA) is 63.2 Å². The normalized spacial score (nSPS) is 14.6. The number of carbonyl (C=O) groups is 1. The maximum Gasteiger partial charge on any atom is 0.321 e. The fourth-order valence-corrected chi connectivity index (χ4v) is 4.37. The van der Waals surface area contributed by atoms with Crippen LogP contribution in [0, 0.1) is 0 Å². The van der Waals surface area contributed by atoms with Gasteiger partial charge >= 0.3 is 6.03 Å². The Kier molecular flexibility index (Phi) is 5.40. The van der Waals surface area contributed by atoms with Crippen molar-refractivity contribution in [2.75, 3.05) is 12.4 Å². The van der Waals surface area contributed by atoms with Crippen molar-refractivity contribution in [2.45, 2.75) is 38.6 Å². The molecule has 5 nitrogen and oxygen atoms in total. The second-order valence-corrected chi connectivity index (χ2v) is 7.75. The highest BCUT2D eigenvalue weighted by molar-refractivity contribution is 9.10. The lowest BCUT2D eigenvalue weighted by atomic mass is 10.0. The minimum Gasteiger partial charge on any atom is -0.496 e. The van der Waals surface area contributed by atoms with Gasteiger partial charge in [0.15, 0.2) is 5.13 Å². The first kappa shape index (κ1) is 17.2. The van der Waals surface area contributed by atoms with E-state index in [1.807, 2.05) is 25.1 Å². The van der Waals surface area contributed by atoms with Crippen molar-refractivity contribution in [3.8, 4) is 5.75 Å². The molecule has 1 unspecified atom stereocenters. The first-order valence-corrected chi connectivity index (χ1v) is 9.57. The molecule has 0 saturated heterocycles. The van der Waals surface area contributed by atoms with Gasteiger partial charge in [0.05, 0.1) is 23.3 Å². The number of ether oxygens (including phenoxy) is 1. The molecule has 1 atom stereocenters. The second kappa shape index (κ2) is 7.53. The fraction of sp³-hybridized carbons (Fsp3) is 0.412. The van der Waals surface area contributed by atoms with Crippen LogP contribution in [0.3, 0.4) is 0 Å². The number of benzene rings is 1.